The predicted molar refractivity (Wildman–Crippen MR) is 75.3 cm³/mol. The molecule has 0 aromatic rings. The normalized spacial score (nSPS) is 14.2. The van der Waals surface area contributed by atoms with E-state index in [0.717, 1.165) is 6.42 Å². The summed E-state index contributed by atoms with van der Waals surface area (Å²) in [4.78, 5) is 4.67. The molecule has 0 rings (SSSR count). The minimum atomic E-state index is 0.411. The minimum absolute atomic E-state index is 0.411. The Kier molecular flexibility index (Phi) is 6.62. The van der Waals surface area contributed by atoms with Crippen molar-refractivity contribution >= 4 is 6.21 Å². The highest BCUT2D eigenvalue weighted by Gasteiger charge is 2.17. The molecule has 0 aliphatic heterocycles. The van der Waals surface area contributed by atoms with Crippen LogP contribution in [0, 0.1) is 5.41 Å². The molecule has 0 aliphatic rings. The van der Waals surface area contributed by atoms with Crippen LogP contribution in [0.25, 0.3) is 0 Å². The maximum atomic E-state index is 4.67. The second kappa shape index (κ2) is 6.88. The van der Waals surface area contributed by atoms with Gasteiger partial charge in [-0.3, -0.25) is 4.99 Å². The van der Waals surface area contributed by atoms with Gasteiger partial charge in [-0.15, -0.1) is 0 Å². The summed E-state index contributed by atoms with van der Waals surface area (Å²) < 4.78 is 0. The number of rotatable bonds is 6. The Morgan fingerprint density at radius 2 is 1.81 bits per heavy atom. The Morgan fingerprint density at radius 3 is 2.19 bits per heavy atom. The molecule has 0 heterocycles. The first-order chi connectivity index (χ1) is 7.32. The molecule has 0 aromatic carbocycles. The Morgan fingerprint density at radius 1 is 1.25 bits per heavy atom. The van der Waals surface area contributed by atoms with Crippen molar-refractivity contribution in [1.82, 2.24) is 0 Å². The molecule has 0 saturated carbocycles. The van der Waals surface area contributed by atoms with Crippen molar-refractivity contribution in [3.8, 4) is 0 Å². The van der Waals surface area contributed by atoms with E-state index in [4.69, 9.17) is 0 Å². The summed E-state index contributed by atoms with van der Waals surface area (Å²) >= 11 is 0. The van der Waals surface area contributed by atoms with Gasteiger partial charge in [-0.2, -0.15) is 0 Å². The Labute approximate surface area is 102 Å². The first-order valence-electron chi connectivity index (χ1n) is 6.52. The van der Waals surface area contributed by atoms with Crippen LogP contribution >= 0.6 is 0 Å². The Hall–Kier alpha value is -0.590. The van der Waals surface area contributed by atoms with Crippen molar-refractivity contribution in [2.75, 3.05) is 0 Å². The smallest absolute Gasteiger partial charge is 0.0476 e. The predicted octanol–water partition coefficient (Wildman–Crippen LogP) is 5.02. The third-order valence-corrected chi connectivity index (χ3v) is 3.31. The van der Waals surface area contributed by atoms with E-state index in [-0.39, 0.29) is 0 Å². The standard InChI is InChI=1S/C15H29N/c1-8-14(12(3)4)11-16-13(5)10-15(6,7)9-2/h11,13H,8-10H2,1-7H3/b16-11-. The molecule has 0 bridgehead atoms. The van der Waals surface area contributed by atoms with Gasteiger partial charge in [0, 0.05) is 12.3 Å². The summed E-state index contributed by atoms with van der Waals surface area (Å²) in [6, 6.07) is 0.427. The molecule has 94 valence electrons. The van der Waals surface area contributed by atoms with Crippen LogP contribution in [0.4, 0.5) is 0 Å². The van der Waals surface area contributed by atoms with Crippen molar-refractivity contribution in [1.29, 1.82) is 0 Å². The largest absolute Gasteiger partial charge is 0.290 e. The average Bonchev–Trinajstić information content (AvgIpc) is 2.17. The lowest BCUT2D eigenvalue weighted by atomic mass is 9.84. The second-order valence-electron chi connectivity index (χ2n) is 5.73. The fraction of sp³-hybridized carbons (Fsp3) is 0.800. The summed E-state index contributed by atoms with van der Waals surface area (Å²) in [6.07, 6.45) is 5.54. The zero-order chi connectivity index (χ0) is 12.8. The summed E-state index contributed by atoms with van der Waals surface area (Å²) in [6.45, 7) is 15.6. The molecule has 0 fully saturated rings. The van der Waals surface area contributed by atoms with E-state index in [2.05, 4.69) is 59.7 Å². The second-order valence-corrected chi connectivity index (χ2v) is 5.73. The highest BCUT2D eigenvalue weighted by atomic mass is 14.8. The zero-order valence-electron chi connectivity index (χ0n) is 12.2. The molecule has 0 radical (unpaired) electrons. The summed E-state index contributed by atoms with van der Waals surface area (Å²) in [5, 5.41) is 0. The fourth-order valence-corrected chi connectivity index (χ4v) is 1.79. The van der Waals surface area contributed by atoms with Crippen LogP contribution < -0.4 is 0 Å². The SMILES string of the molecule is CCC(/C=N\C(C)CC(C)(C)CC)=C(C)C. The van der Waals surface area contributed by atoms with Gasteiger partial charge in [0.1, 0.15) is 0 Å². The van der Waals surface area contributed by atoms with Crippen LogP contribution in [0.15, 0.2) is 16.1 Å². The van der Waals surface area contributed by atoms with Gasteiger partial charge in [-0.05, 0) is 44.6 Å². The molecular weight excluding hydrogens is 194 g/mol. The van der Waals surface area contributed by atoms with Crippen molar-refractivity contribution in [3.63, 3.8) is 0 Å². The van der Waals surface area contributed by atoms with Crippen LogP contribution in [-0.2, 0) is 0 Å². The van der Waals surface area contributed by atoms with Gasteiger partial charge in [0.25, 0.3) is 0 Å². The number of hydrogen-bond donors (Lipinski definition) is 0. The molecule has 0 N–H and O–H groups in total. The lowest BCUT2D eigenvalue weighted by Crippen LogP contribution is -2.16. The van der Waals surface area contributed by atoms with Gasteiger partial charge in [-0.25, -0.2) is 0 Å². The molecular formula is C15H29N. The van der Waals surface area contributed by atoms with Gasteiger partial charge < -0.3 is 0 Å². The average molecular weight is 223 g/mol. The van der Waals surface area contributed by atoms with E-state index >= 15 is 0 Å². The van der Waals surface area contributed by atoms with E-state index in [1.807, 2.05) is 0 Å². The quantitative estimate of drug-likeness (QED) is 0.561. The molecule has 0 spiro atoms. The maximum absolute atomic E-state index is 4.67. The van der Waals surface area contributed by atoms with E-state index in [9.17, 15) is 0 Å². The van der Waals surface area contributed by atoms with Crippen molar-refractivity contribution in [3.05, 3.63) is 11.1 Å². The topological polar surface area (TPSA) is 12.4 Å². The van der Waals surface area contributed by atoms with E-state index in [1.165, 1.54) is 24.0 Å². The molecule has 1 unspecified atom stereocenters. The van der Waals surface area contributed by atoms with Gasteiger partial charge in [0.15, 0.2) is 0 Å². The molecule has 16 heavy (non-hydrogen) atoms. The highest BCUT2D eigenvalue weighted by Crippen LogP contribution is 2.27. The third-order valence-electron chi connectivity index (χ3n) is 3.31. The van der Waals surface area contributed by atoms with E-state index < -0.39 is 0 Å². The van der Waals surface area contributed by atoms with Crippen LogP contribution in [0.2, 0.25) is 0 Å². The Balaban J connectivity index is 4.40. The van der Waals surface area contributed by atoms with Crippen LogP contribution in [-0.4, -0.2) is 12.3 Å². The third kappa shape index (κ3) is 6.09. The Bertz CT molecular complexity index is 255. The first-order valence-corrected chi connectivity index (χ1v) is 6.52. The molecule has 1 nitrogen and oxygen atoms in total. The van der Waals surface area contributed by atoms with Crippen LogP contribution in [0.5, 0.6) is 0 Å². The lowest BCUT2D eigenvalue weighted by Gasteiger charge is -2.24. The molecule has 0 aromatic heterocycles. The van der Waals surface area contributed by atoms with Gasteiger partial charge in [0.2, 0.25) is 0 Å². The maximum Gasteiger partial charge on any atom is 0.0476 e. The summed E-state index contributed by atoms with van der Waals surface area (Å²) in [7, 11) is 0. The summed E-state index contributed by atoms with van der Waals surface area (Å²) in [5.41, 5.74) is 3.17. The van der Waals surface area contributed by atoms with Gasteiger partial charge in [-0.1, -0.05) is 39.7 Å². The van der Waals surface area contributed by atoms with E-state index in [0.29, 0.717) is 11.5 Å². The van der Waals surface area contributed by atoms with Crippen molar-refractivity contribution < 1.29 is 0 Å². The molecule has 0 amide bonds. The monoisotopic (exact) mass is 223 g/mol. The number of allylic oxidation sites excluding steroid dienone is 2. The molecule has 1 heteroatoms. The van der Waals surface area contributed by atoms with Crippen LogP contribution in [0.3, 0.4) is 0 Å². The number of aliphatic imine (C=N–C) groups is 1. The number of nitrogens with zero attached hydrogens (tertiary/aromatic N) is 1. The molecule has 0 aliphatic carbocycles. The highest BCUT2D eigenvalue weighted by molar-refractivity contribution is 5.79. The van der Waals surface area contributed by atoms with Crippen LogP contribution in [0.1, 0.15) is 67.7 Å². The molecule has 0 saturated heterocycles. The number of hydrogen-bond acceptors (Lipinski definition) is 1. The summed E-state index contributed by atoms with van der Waals surface area (Å²) in [5.74, 6) is 0. The van der Waals surface area contributed by atoms with Crippen molar-refractivity contribution in [2.45, 2.75) is 73.8 Å². The molecule has 1 atom stereocenters. The lowest BCUT2D eigenvalue weighted by molar-refractivity contribution is 0.301. The first kappa shape index (κ1) is 15.4. The van der Waals surface area contributed by atoms with Gasteiger partial charge >= 0.3 is 0 Å². The van der Waals surface area contributed by atoms with Crippen molar-refractivity contribution in [2.24, 2.45) is 10.4 Å². The van der Waals surface area contributed by atoms with E-state index in [1.54, 1.807) is 0 Å². The minimum Gasteiger partial charge on any atom is -0.290 e. The fourth-order valence-electron chi connectivity index (χ4n) is 1.79. The zero-order valence-corrected chi connectivity index (χ0v) is 12.2. The van der Waals surface area contributed by atoms with Gasteiger partial charge in [0.05, 0.1) is 0 Å².